The largest absolute Gasteiger partial charge is 0.306 e. The zero-order chi connectivity index (χ0) is 17.4. The SMILES string of the molecule is O=C(c1ccc(S(=O)(=O)C2CCCC2)cc1)N1CCc2ccncc21. The molecule has 1 fully saturated rings. The number of hydrogen-bond acceptors (Lipinski definition) is 4. The van der Waals surface area contributed by atoms with Crippen LogP contribution in [0.4, 0.5) is 5.69 Å². The van der Waals surface area contributed by atoms with E-state index in [0.717, 1.165) is 43.4 Å². The van der Waals surface area contributed by atoms with E-state index in [1.165, 1.54) is 0 Å². The summed E-state index contributed by atoms with van der Waals surface area (Å²) in [5, 5.41) is -0.273. The average molecular weight is 356 g/mol. The first-order chi connectivity index (χ1) is 12.1. The van der Waals surface area contributed by atoms with Crippen molar-refractivity contribution in [3.63, 3.8) is 0 Å². The molecule has 130 valence electrons. The van der Waals surface area contributed by atoms with Crippen LogP contribution in [0.5, 0.6) is 0 Å². The molecule has 1 aliphatic heterocycles. The maximum Gasteiger partial charge on any atom is 0.258 e. The molecular weight excluding hydrogens is 336 g/mol. The van der Waals surface area contributed by atoms with Gasteiger partial charge in [0.2, 0.25) is 0 Å². The van der Waals surface area contributed by atoms with Crippen LogP contribution in [0.1, 0.15) is 41.6 Å². The minimum absolute atomic E-state index is 0.114. The number of carbonyl (C=O) groups excluding carboxylic acids is 1. The van der Waals surface area contributed by atoms with E-state index in [2.05, 4.69) is 4.98 Å². The Kier molecular flexibility index (Phi) is 4.07. The van der Waals surface area contributed by atoms with Crippen molar-refractivity contribution in [1.82, 2.24) is 4.98 Å². The van der Waals surface area contributed by atoms with Crippen LogP contribution in [0.25, 0.3) is 0 Å². The summed E-state index contributed by atoms with van der Waals surface area (Å²) >= 11 is 0. The lowest BCUT2D eigenvalue weighted by molar-refractivity contribution is 0.0989. The number of hydrogen-bond donors (Lipinski definition) is 0. The minimum atomic E-state index is -3.28. The van der Waals surface area contributed by atoms with Crippen molar-refractivity contribution < 1.29 is 13.2 Å². The van der Waals surface area contributed by atoms with Crippen molar-refractivity contribution in [2.45, 2.75) is 42.2 Å². The van der Waals surface area contributed by atoms with Gasteiger partial charge in [0, 0.05) is 18.3 Å². The van der Waals surface area contributed by atoms with E-state index in [1.807, 2.05) is 6.07 Å². The molecule has 5 nitrogen and oxygen atoms in total. The maximum atomic E-state index is 12.8. The molecule has 4 rings (SSSR count). The van der Waals surface area contributed by atoms with Gasteiger partial charge in [-0.2, -0.15) is 0 Å². The summed E-state index contributed by atoms with van der Waals surface area (Å²) in [6.07, 6.45) is 7.68. The van der Waals surface area contributed by atoms with Gasteiger partial charge in [0.15, 0.2) is 9.84 Å². The summed E-state index contributed by atoms with van der Waals surface area (Å²) in [4.78, 5) is 18.9. The molecule has 2 aromatic rings. The van der Waals surface area contributed by atoms with Gasteiger partial charge in [0.25, 0.3) is 5.91 Å². The Balaban J connectivity index is 1.58. The first kappa shape index (κ1) is 16.3. The van der Waals surface area contributed by atoms with Crippen LogP contribution in [0.15, 0.2) is 47.6 Å². The van der Waals surface area contributed by atoms with E-state index in [0.29, 0.717) is 17.0 Å². The van der Waals surface area contributed by atoms with Gasteiger partial charge in [0.05, 0.1) is 22.0 Å². The minimum Gasteiger partial charge on any atom is -0.306 e. The Hall–Kier alpha value is -2.21. The van der Waals surface area contributed by atoms with Gasteiger partial charge in [-0.15, -0.1) is 0 Å². The molecule has 0 unspecified atom stereocenters. The molecule has 1 aliphatic carbocycles. The summed E-state index contributed by atoms with van der Waals surface area (Å²) < 4.78 is 25.3. The second-order valence-corrected chi connectivity index (χ2v) is 8.92. The van der Waals surface area contributed by atoms with Gasteiger partial charge in [-0.1, -0.05) is 12.8 Å². The molecule has 0 radical (unpaired) electrons. The Morgan fingerprint density at radius 2 is 1.80 bits per heavy atom. The van der Waals surface area contributed by atoms with Crippen LogP contribution in [-0.2, 0) is 16.3 Å². The van der Waals surface area contributed by atoms with Gasteiger partial charge in [-0.05, 0) is 55.2 Å². The molecule has 1 aromatic heterocycles. The number of nitrogens with zero attached hydrogens (tertiary/aromatic N) is 2. The van der Waals surface area contributed by atoms with Gasteiger partial charge >= 0.3 is 0 Å². The Labute approximate surface area is 147 Å². The van der Waals surface area contributed by atoms with Crippen molar-refractivity contribution >= 4 is 21.4 Å². The molecule has 1 aromatic carbocycles. The lowest BCUT2D eigenvalue weighted by Crippen LogP contribution is -2.29. The van der Waals surface area contributed by atoms with Crippen molar-refractivity contribution in [2.24, 2.45) is 0 Å². The molecule has 0 atom stereocenters. The molecule has 0 saturated heterocycles. The third-order valence-corrected chi connectivity index (χ3v) is 7.48. The molecular formula is C19H20N2O3S. The monoisotopic (exact) mass is 356 g/mol. The number of aromatic nitrogens is 1. The molecule has 0 spiro atoms. The van der Waals surface area contributed by atoms with Gasteiger partial charge in [-0.3, -0.25) is 9.78 Å². The highest BCUT2D eigenvalue weighted by Crippen LogP contribution is 2.31. The fourth-order valence-electron chi connectivity index (χ4n) is 3.77. The summed E-state index contributed by atoms with van der Waals surface area (Å²) in [7, 11) is -3.28. The highest BCUT2D eigenvalue weighted by molar-refractivity contribution is 7.92. The number of carbonyl (C=O) groups is 1. The predicted molar refractivity (Wildman–Crippen MR) is 95.5 cm³/mol. The van der Waals surface area contributed by atoms with Crippen LogP contribution in [0, 0.1) is 0 Å². The van der Waals surface area contributed by atoms with E-state index >= 15 is 0 Å². The van der Waals surface area contributed by atoms with Gasteiger partial charge in [-0.25, -0.2) is 8.42 Å². The zero-order valence-corrected chi connectivity index (χ0v) is 14.7. The van der Waals surface area contributed by atoms with Gasteiger partial charge in [0.1, 0.15) is 0 Å². The van der Waals surface area contributed by atoms with Crippen LogP contribution < -0.4 is 4.90 Å². The number of benzene rings is 1. The third-order valence-electron chi connectivity index (χ3n) is 5.20. The lowest BCUT2D eigenvalue weighted by atomic mass is 10.2. The molecule has 2 heterocycles. The number of sulfone groups is 1. The fourth-order valence-corrected chi connectivity index (χ4v) is 5.62. The van der Waals surface area contributed by atoms with Crippen LogP contribution >= 0.6 is 0 Å². The highest BCUT2D eigenvalue weighted by atomic mass is 32.2. The lowest BCUT2D eigenvalue weighted by Gasteiger charge is -2.17. The fraction of sp³-hybridized carbons (Fsp3) is 0.368. The van der Waals surface area contributed by atoms with Crippen LogP contribution in [0.2, 0.25) is 0 Å². The van der Waals surface area contributed by atoms with Crippen molar-refractivity contribution in [2.75, 3.05) is 11.4 Å². The molecule has 1 saturated carbocycles. The first-order valence-corrected chi connectivity index (χ1v) is 10.2. The topological polar surface area (TPSA) is 67.3 Å². The number of amides is 1. The molecule has 6 heteroatoms. The molecule has 2 aliphatic rings. The highest BCUT2D eigenvalue weighted by Gasteiger charge is 2.31. The van der Waals surface area contributed by atoms with Crippen LogP contribution in [-0.4, -0.2) is 31.1 Å². The van der Waals surface area contributed by atoms with Crippen LogP contribution in [0.3, 0.4) is 0 Å². The normalized spacial score (nSPS) is 17.7. The zero-order valence-electron chi connectivity index (χ0n) is 13.9. The van der Waals surface area contributed by atoms with E-state index in [4.69, 9.17) is 0 Å². The molecule has 25 heavy (non-hydrogen) atoms. The molecule has 0 N–H and O–H groups in total. The number of pyridine rings is 1. The quantitative estimate of drug-likeness (QED) is 0.848. The Morgan fingerprint density at radius 1 is 1.08 bits per heavy atom. The van der Waals surface area contributed by atoms with E-state index in [1.54, 1.807) is 41.6 Å². The second-order valence-electron chi connectivity index (χ2n) is 6.69. The number of anilines is 1. The summed E-state index contributed by atoms with van der Waals surface area (Å²) in [6, 6.07) is 8.32. The standard InChI is InChI=1S/C19H20N2O3S/c22-19(21-12-10-14-9-11-20-13-18(14)21)15-5-7-17(8-6-15)25(23,24)16-3-1-2-4-16/h5-9,11,13,16H,1-4,10,12H2. The predicted octanol–water partition coefficient (Wildman–Crippen LogP) is 3.00. The number of fused-ring (bicyclic) bond motifs is 1. The second kappa shape index (κ2) is 6.26. The average Bonchev–Trinajstić information content (AvgIpc) is 3.31. The smallest absolute Gasteiger partial charge is 0.258 e. The van der Waals surface area contributed by atoms with E-state index < -0.39 is 9.84 Å². The Morgan fingerprint density at radius 3 is 2.52 bits per heavy atom. The third kappa shape index (κ3) is 2.84. The van der Waals surface area contributed by atoms with E-state index in [-0.39, 0.29) is 11.2 Å². The maximum absolute atomic E-state index is 12.8. The molecule has 0 bridgehead atoms. The van der Waals surface area contributed by atoms with Gasteiger partial charge < -0.3 is 4.90 Å². The first-order valence-electron chi connectivity index (χ1n) is 8.66. The summed E-state index contributed by atoms with van der Waals surface area (Å²) in [5.74, 6) is -0.114. The van der Waals surface area contributed by atoms with Crippen molar-refractivity contribution in [3.05, 3.63) is 53.9 Å². The number of rotatable bonds is 3. The van der Waals surface area contributed by atoms with E-state index in [9.17, 15) is 13.2 Å². The van der Waals surface area contributed by atoms with Crippen molar-refractivity contribution in [3.8, 4) is 0 Å². The van der Waals surface area contributed by atoms with Crippen molar-refractivity contribution in [1.29, 1.82) is 0 Å². The summed E-state index contributed by atoms with van der Waals surface area (Å²) in [5.41, 5.74) is 2.46. The Bertz CT molecular complexity index is 901. The molecule has 1 amide bonds. The summed E-state index contributed by atoms with van der Waals surface area (Å²) in [6.45, 7) is 0.627.